The van der Waals surface area contributed by atoms with Gasteiger partial charge in [0.25, 0.3) is 0 Å². The molecular formula is C13H14ClFN2. The molecule has 0 fully saturated rings. The van der Waals surface area contributed by atoms with Gasteiger partial charge in [-0.05, 0) is 30.2 Å². The van der Waals surface area contributed by atoms with E-state index in [-0.39, 0.29) is 5.82 Å². The first-order valence-electron chi connectivity index (χ1n) is 5.62. The Labute approximate surface area is 105 Å². The molecule has 0 amide bonds. The third-order valence-electron chi connectivity index (χ3n) is 2.57. The summed E-state index contributed by atoms with van der Waals surface area (Å²) in [5.41, 5.74) is 1.56. The van der Waals surface area contributed by atoms with Crippen LogP contribution in [-0.2, 0) is 12.3 Å². The van der Waals surface area contributed by atoms with Gasteiger partial charge in [0, 0.05) is 30.4 Å². The second-order valence-electron chi connectivity index (χ2n) is 3.91. The predicted molar refractivity (Wildman–Crippen MR) is 67.1 cm³/mol. The van der Waals surface area contributed by atoms with Crippen molar-refractivity contribution in [3.05, 3.63) is 47.8 Å². The first-order valence-corrected chi connectivity index (χ1v) is 6.16. The summed E-state index contributed by atoms with van der Waals surface area (Å²) >= 11 is 5.74. The smallest absolute Gasteiger partial charge is 0.125 e. The zero-order valence-electron chi connectivity index (χ0n) is 9.66. The summed E-state index contributed by atoms with van der Waals surface area (Å²) in [7, 11) is 0. The van der Waals surface area contributed by atoms with Crippen LogP contribution in [-0.4, -0.2) is 9.55 Å². The Balaban J connectivity index is 2.44. The van der Waals surface area contributed by atoms with Gasteiger partial charge in [0.2, 0.25) is 0 Å². The van der Waals surface area contributed by atoms with E-state index in [2.05, 4.69) is 11.9 Å². The van der Waals surface area contributed by atoms with Gasteiger partial charge in [-0.1, -0.05) is 6.92 Å². The predicted octanol–water partition coefficient (Wildman–Crippen LogP) is 3.70. The molecule has 0 aliphatic carbocycles. The van der Waals surface area contributed by atoms with Gasteiger partial charge in [-0.2, -0.15) is 0 Å². The Kier molecular flexibility index (Phi) is 3.79. The van der Waals surface area contributed by atoms with Crippen molar-refractivity contribution in [1.29, 1.82) is 0 Å². The van der Waals surface area contributed by atoms with E-state index in [1.807, 2.05) is 16.8 Å². The van der Waals surface area contributed by atoms with Gasteiger partial charge < -0.3 is 4.57 Å². The van der Waals surface area contributed by atoms with Crippen molar-refractivity contribution in [3.8, 4) is 5.69 Å². The zero-order valence-corrected chi connectivity index (χ0v) is 10.4. The second kappa shape index (κ2) is 5.32. The lowest BCUT2D eigenvalue weighted by molar-refractivity contribution is 0.624. The number of imidazole rings is 1. The molecule has 0 spiro atoms. The Morgan fingerprint density at radius 2 is 2.18 bits per heavy atom. The highest BCUT2D eigenvalue weighted by atomic mass is 35.5. The van der Waals surface area contributed by atoms with Crippen LogP contribution in [0.3, 0.4) is 0 Å². The molecule has 2 rings (SSSR count). The van der Waals surface area contributed by atoms with Crippen LogP contribution < -0.4 is 0 Å². The highest BCUT2D eigenvalue weighted by Gasteiger charge is 2.06. The maximum Gasteiger partial charge on any atom is 0.125 e. The fourth-order valence-corrected chi connectivity index (χ4v) is 1.98. The third-order valence-corrected chi connectivity index (χ3v) is 2.87. The molecule has 0 radical (unpaired) electrons. The van der Waals surface area contributed by atoms with E-state index < -0.39 is 0 Å². The molecule has 1 aromatic heterocycles. The molecule has 17 heavy (non-hydrogen) atoms. The summed E-state index contributed by atoms with van der Waals surface area (Å²) in [6.45, 7) is 2.09. The van der Waals surface area contributed by atoms with Crippen LogP contribution in [0.4, 0.5) is 4.39 Å². The number of hydrogen-bond donors (Lipinski definition) is 0. The molecule has 0 saturated carbocycles. The fourth-order valence-electron chi connectivity index (χ4n) is 1.83. The van der Waals surface area contributed by atoms with Crippen molar-refractivity contribution in [1.82, 2.24) is 9.55 Å². The van der Waals surface area contributed by atoms with Crippen molar-refractivity contribution in [2.24, 2.45) is 0 Å². The highest BCUT2D eigenvalue weighted by Crippen LogP contribution is 2.17. The van der Waals surface area contributed by atoms with Crippen LogP contribution in [0.25, 0.3) is 5.69 Å². The molecule has 0 N–H and O–H groups in total. The molecule has 1 aromatic carbocycles. The van der Waals surface area contributed by atoms with Gasteiger partial charge in [-0.3, -0.25) is 0 Å². The average molecular weight is 253 g/mol. The minimum Gasteiger partial charge on any atom is -0.304 e. The molecule has 2 nitrogen and oxygen atoms in total. The quantitative estimate of drug-likeness (QED) is 0.759. The molecule has 0 aliphatic rings. The number of hydrogen-bond acceptors (Lipinski definition) is 1. The summed E-state index contributed by atoms with van der Waals surface area (Å²) in [4.78, 5) is 4.27. The lowest BCUT2D eigenvalue weighted by Crippen LogP contribution is -2.01. The minimum absolute atomic E-state index is 0.269. The highest BCUT2D eigenvalue weighted by molar-refractivity contribution is 6.17. The van der Waals surface area contributed by atoms with Crippen molar-refractivity contribution < 1.29 is 4.39 Å². The maximum absolute atomic E-state index is 13.4. The number of benzene rings is 1. The van der Waals surface area contributed by atoms with E-state index in [4.69, 9.17) is 11.6 Å². The number of alkyl halides is 1. The van der Waals surface area contributed by atoms with E-state index in [1.165, 1.54) is 12.1 Å². The first-order chi connectivity index (χ1) is 8.24. The number of halogens is 2. The van der Waals surface area contributed by atoms with Gasteiger partial charge in [-0.25, -0.2) is 9.37 Å². The van der Waals surface area contributed by atoms with Gasteiger partial charge in [0.15, 0.2) is 0 Å². The normalized spacial score (nSPS) is 10.8. The molecular weight excluding hydrogens is 239 g/mol. The molecule has 2 aromatic rings. The Morgan fingerprint density at radius 1 is 1.35 bits per heavy atom. The van der Waals surface area contributed by atoms with E-state index in [0.717, 1.165) is 29.9 Å². The van der Waals surface area contributed by atoms with Crippen LogP contribution in [0.5, 0.6) is 0 Å². The van der Waals surface area contributed by atoms with Gasteiger partial charge in [0.1, 0.15) is 11.6 Å². The Hall–Kier alpha value is -1.35. The summed E-state index contributed by atoms with van der Waals surface area (Å²) < 4.78 is 15.3. The van der Waals surface area contributed by atoms with Crippen LogP contribution in [0, 0.1) is 5.82 Å². The lowest BCUT2D eigenvalue weighted by Gasteiger charge is -2.08. The van der Waals surface area contributed by atoms with Crippen LogP contribution in [0.2, 0.25) is 0 Å². The fraction of sp³-hybridized carbons (Fsp3) is 0.308. The zero-order chi connectivity index (χ0) is 12.3. The molecule has 1 heterocycles. The number of nitrogens with zero attached hydrogens (tertiary/aromatic N) is 2. The molecule has 0 saturated heterocycles. The standard InChI is InChI=1S/C13H14ClFN2/c1-2-3-13-16-4-5-17(13)12-7-10(9-14)6-11(15)8-12/h4-8H,2-3,9H2,1H3. The largest absolute Gasteiger partial charge is 0.304 e. The molecule has 90 valence electrons. The summed E-state index contributed by atoms with van der Waals surface area (Å²) in [5.74, 6) is 0.982. The average Bonchev–Trinajstić information content (AvgIpc) is 2.77. The molecule has 0 bridgehead atoms. The molecule has 0 aliphatic heterocycles. The van der Waals surface area contributed by atoms with Crippen molar-refractivity contribution in [2.45, 2.75) is 25.6 Å². The summed E-state index contributed by atoms with van der Waals surface area (Å²) in [5, 5.41) is 0. The van der Waals surface area contributed by atoms with Crippen LogP contribution in [0.1, 0.15) is 24.7 Å². The number of aryl methyl sites for hydroxylation is 1. The number of aromatic nitrogens is 2. The number of rotatable bonds is 4. The minimum atomic E-state index is -0.269. The maximum atomic E-state index is 13.4. The lowest BCUT2D eigenvalue weighted by atomic mass is 10.2. The van der Waals surface area contributed by atoms with Gasteiger partial charge in [0.05, 0.1) is 0 Å². The van der Waals surface area contributed by atoms with E-state index >= 15 is 0 Å². The molecule has 4 heteroatoms. The van der Waals surface area contributed by atoms with E-state index in [9.17, 15) is 4.39 Å². The summed E-state index contributed by atoms with van der Waals surface area (Å²) in [6.07, 6.45) is 5.46. The summed E-state index contributed by atoms with van der Waals surface area (Å²) in [6, 6.07) is 4.83. The molecule has 0 unspecified atom stereocenters. The first kappa shape index (κ1) is 12.1. The topological polar surface area (TPSA) is 17.8 Å². The second-order valence-corrected chi connectivity index (χ2v) is 4.18. The monoisotopic (exact) mass is 252 g/mol. The van der Waals surface area contributed by atoms with Gasteiger partial charge >= 0.3 is 0 Å². The molecule has 0 atom stereocenters. The van der Waals surface area contributed by atoms with Crippen molar-refractivity contribution in [2.75, 3.05) is 0 Å². The SMILES string of the molecule is CCCc1nccn1-c1cc(F)cc(CCl)c1. The van der Waals surface area contributed by atoms with Crippen molar-refractivity contribution >= 4 is 11.6 Å². The van der Waals surface area contributed by atoms with E-state index in [0.29, 0.717) is 5.88 Å². The van der Waals surface area contributed by atoms with Crippen molar-refractivity contribution in [3.63, 3.8) is 0 Å². The third kappa shape index (κ3) is 2.67. The van der Waals surface area contributed by atoms with E-state index in [1.54, 1.807) is 6.20 Å². The van der Waals surface area contributed by atoms with Crippen LogP contribution >= 0.6 is 11.6 Å². The van der Waals surface area contributed by atoms with Crippen LogP contribution in [0.15, 0.2) is 30.6 Å². The van der Waals surface area contributed by atoms with Gasteiger partial charge in [-0.15, -0.1) is 11.6 Å². The Bertz CT molecular complexity index is 508. The Morgan fingerprint density at radius 3 is 2.88 bits per heavy atom.